The smallest absolute Gasteiger partial charge is 0.295 e. The third-order valence-electron chi connectivity index (χ3n) is 4.79. The molecule has 3 rings (SSSR count). The van der Waals surface area contributed by atoms with E-state index in [-0.39, 0.29) is 17.9 Å². The van der Waals surface area contributed by atoms with Gasteiger partial charge in [-0.25, -0.2) is 4.39 Å². The molecule has 1 N–H and O–H groups in total. The number of amides is 1. The Balaban J connectivity index is 2.28. The number of likely N-dealkylation sites (tertiary alicyclic amines) is 1. The largest absolute Gasteiger partial charge is 0.507 e. The maximum Gasteiger partial charge on any atom is 0.295 e. The maximum atomic E-state index is 13.7. The summed E-state index contributed by atoms with van der Waals surface area (Å²) >= 11 is 0. The number of rotatable bonds is 3. The number of carbonyl (C=O) groups is 2. The molecule has 26 heavy (non-hydrogen) atoms. The number of aliphatic hydroxyl groups excluding tert-OH is 1. The van der Waals surface area contributed by atoms with E-state index in [1.807, 2.05) is 0 Å². The van der Waals surface area contributed by atoms with Gasteiger partial charge in [-0.3, -0.25) is 14.3 Å². The molecule has 1 atom stereocenters. The summed E-state index contributed by atoms with van der Waals surface area (Å²) in [5.41, 5.74) is 2.03. The number of benzene rings is 1. The summed E-state index contributed by atoms with van der Waals surface area (Å²) in [5.74, 6) is -2.24. The predicted molar refractivity (Wildman–Crippen MR) is 93.8 cm³/mol. The van der Waals surface area contributed by atoms with E-state index in [4.69, 9.17) is 0 Å². The third kappa shape index (κ3) is 2.60. The topological polar surface area (TPSA) is 75.4 Å². The molecular formula is C19H20FN3O3. The molecule has 0 aliphatic carbocycles. The van der Waals surface area contributed by atoms with Gasteiger partial charge in [0.25, 0.3) is 11.7 Å². The molecule has 1 aliphatic heterocycles. The van der Waals surface area contributed by atoms with E-state index in [9.17, 15) is 19.1 Å². The van der Waals surface area contributed by atoms with Gasteiger partial charge in [-0.15, -0.1) is 0 Å². The summed E-state index contributed by atoms with van der Waals surface area (Å²) in [6.07, 6.45) is 0. The minimum absolute atomic E-state index is 0.0401. The monoisotopic (exact) mass is 357 g/mol. The van der Waals surface area contributed by atoms with Gasteiger partial charge in [0.1, 0.15) is 11.6 Å². The van der Waals surface area contributed by atoms with Crippen LogP contribution < -0.4 is 0 Å². The van der Waals surface area contributed by atoms with Crippen molar-refractivity contribution in [2.75, 3.05) is 6.54 Å². The Morgan fingerprint density at radius 3 is 2.54 bits per heavy atom. The van der Waals surface area contributed by atoms with Crippen molar-refractivity contribution in [3.63, 3.8) is 0 Å². The lowest BCUT2D eigenvalue weighted by Crippen LogP contribution is -2.29. The first-order chi connectivity index (χ1) is 12.3. The fourth-order valence-corrected chi connectivity index (χ4v) is 3.48. The molecule has 1 saturated heterocycles. The van der Waals surface area contributed by atoms with E-state index in [2.05, 4.69) is 5.10 Å². The van der Waals surface area contributed by atoms with Gasteiger partial charge in [0.15, 0.2) is 0 Å². The Morgan fingerprint density at radius 2 is 2.00 bits per heavy atom. The second-order valence-electron chi connectivity index (χ2n) is 6.31. The van der Waals surface area contributed by atoms with E-state index in [0.29, 0.717) is 22.5 Å². The summed E-state index contributed by atoms with van der Waals surface area (Å²) in [6.45, 7) is 5.48. The van der Waals surface area contributed by atoms with Crippen LogP contribution in [0.5, 0.6) is 0 Å². The van der Waals surface area contributed by atoms with E-state index >= 15 is 0 Å². The average Bonchev–Trinajstić information content (AvgIpc) is 3.00. The predicted octanol–water partition coefficient (Wildman–Crippen LogP) is 2.62. The van der Waals surface area contributed by atoms with Gasteiger partial charge in [0.2, 0.25) is 0 Å². The van der Waals surface area contributed by atoms with Gasteiger partial charge in [-0.2, -0.15) is 5.10 Å². The normalized spacial score (nSPS) is 19.4. The molecule has 136 valence electrons. The minimum Gasteiger partial charge on any atom is -0.507 e. The SMILES string of the molecule is CCN1C(=O)C(=O)/C(=C(/O)c2c(C)nn(C)c2C)C1c1cccc(F)c1. The maximum absolute atomic E-state index is 13.7. The van der Waals surface area contributed by atoms with Crippen LogP contribution in [0.4, 0.5) is 4.39 Å². The zero-order chi connectivity index (χ0) is 19.2. The molecule has 1 aromatic carbocycles. The van der Waals surface area contributed by atoms with E-state index < -0.39 is 23.5 Å². The molecule has 0 bridgehead atoms. The zero-order valence-electron chi connectivity index (χ0n) is 15.1. The van der Waals surface area contributed by atoms with Crippen LogP contribution in [-0.4, -0.2) is 38.0 Å². The van der Waals surface area contributed by atoms with Crippen molar-refractivity contribution < 1.29 is 19.1 Å². The molecule has 1 aliphatic rings. The molecule has 1 amide bonds. The molecule has 2 aromatic rings. The summed E-state index contributed by atoms with van der Waals surface area (Å²) < 4.78 is 15.3. The zero-order valence-corrected chi connectivity index (χ0v) is 15.1. The quantitative estimate of drug-likeness (QED) is 0.520. The lowest BCUT2D eigenvalue weighted by molar-refractivity contribution is -0.139. The highest BCUT2D eigenvalue weighted by atomic mass is 19.1. The number of aromatic nitrogens is 2. The molecule has 6 nitrogen and oxygen atoms in total. The number of likely N-dealkylation sites (N-methyl/N-ethyl adjacent to an activating group) is 1. The lowest BCUT2D eigenvalue weighted by atomic mass is 9.94. The summed E-state index contributed by atoms with van der Waals surface area (Å²) in [4.78, 5) is 26.4. The van der Waals surface area contributed by atoms with E-state index in [1.165, 1.54) is 23.1 Å². The fraction of sp³-hybridized carbons (Fsp3) is 0.316. The minimum atomic E-state index is -0.838. The first-order valence-electron chi connectivity index (χ1n) is 8.32. The van der Waals surface area contributed by atoms with Crippen molar-refractivity contribution in [1.82, 2.24) is 14.7 Å². The van der Waals surface area contributed by atoms with Crippen molar-refractivity contribution in [1.29, 1.82) is 0 Å². The highest BCUT2D eigenvalue weighted by Crippen LogP contribution is 2.40. The molecule has 1 fully saturated rings. The second-order valence-corrected chi connectivity index (χ2v) is 6.31. The van der Waals surface area contributed by atoms with Gasteiger partial charge in [-0.05, 0) is 38.5 Å². The number of aliphatic hydroxyl groups is 1. The molecule has 1 aromatic heterocycles. The van der Waals surface area contributed by atoms with Crippen molar-refractivity contribution in [2.24, 2.45) is 7.05 Å². The van der Waals surface area contributed by atoms with Gasteiger partial charge in [-0.1, -0.05) is 12.1 Å². The van der Waals surface area contributed by atoms with Gasteiger partial charge >= 0.3 is 0 Å². The van der Waals surface area contributed by atoms with Crippen molar-refractivity contribution >= 4 is 17.4 Å². The van der Waals surface area contributed by atoms with Crippen LogP contribution in [0.3, 0.4) is 0 Å². The van der Waals surface area contributed by atoms with Crippen LogP contribution in [0.15, 0.2) is 29.8 Å². The van der Waals surface area contributed by atoms with Gasteiger partial charge < -0.3 is 10.0 Å². The average molecular weight is 357 g/mol. The van der Waals surface area contributed by atoms with E-state index in [1.54, 1.807) is 38.6 Å². The van der Waals surface area contributed by atoms with Crippen LogP contribution in [0.25, 0.3) is 5.76 Å². The molecule has 1 unspecified atom stereocenters. The summed E-state index contributed by atoms with van der Waals surface area (Å²) in [6, 6.07) is 4.88. The molecule has 0 spiro atoms. The fourth-order valence-electron chi connectivity index (χ4n) is 3.48. The van der Waals surface area contributed by atoms with E-state index in [0.717, 1.165) is 0 Å². The number of aryl methyl sites for hydroxylation is 2. The Labute approximate surface area is 150 Å². The highest BCUT2D eigenvalue weighted by Gasteiger charge is 2.45. The van der Waals surface area contributed by atoms with Crippen molar-refractivity contribution in [3.8, 4) is 0 Å². The Morgan fingerprint density at radius 1 is 1.31 bits per heavy atom. The van der Waals surface area contributed by atoms with Crippen LogP contribution in [-0.2, 0) is 16.6 Å². The highest BCUT2D eigenvalue weighted by molar-refractivity contribution is 6.46. The first kappa shape index (κ1) is 17.8. The van der Waals surface area contributed by atoms with Crippen LogP contribution >= 0.6 is 0 Å². The Hall–Kier alpha value is -2.96. The molecule has 7 heteroatoms. The Bertz CT molecular complexity index is 946. The number of halogens is 1. The van der Waals surface area contributed by atoms with Gasteiger partial charge in [0, 0.05) is 19.3 Å². The number of nitrogens with zero attached hydrogens (tertiary/aromatic N) is 3. The number of hydrogen-bond donors (Lipinski definition) is 1. The first-order valence-corrected chi connectivity index (χ1v) is 8.32. The molecule has 2 heterocycles. The summed E-state index contributed by atoms with van der Waals surface area (Å²) in [5, 5.41) is 15.2. The standard InChI is InChI=1S/C19H20FN3O3/c1-5-23-16(12-7-6-8-13(20)9-12)15(18(25)19(23)26)17(24)14-10(2)21-22(4)11(14)3/h6-9,16,24H,5H2,1-4H3/b17-15+. The summed E-state index contributed by atoms with van der Waals surface area (Å²) in [7, 11) is 1.73. The van der Waals surface area contributed by atoms with Gasteiger partial charge in [0.05, 0.1) is 22.9 Å². The lowest BCUT2D eigenvalue weighted by Gasteiger charge is -2.23. The number of carbonyl (C=O) groups excluding carboxylic acids is 2. The second kappa shape index (κ2) is 6.40. The number of hydrogen-bond acceptors (Lipinski definition) is 4. The number of ketones is 1. The van der Waals surface area contributed by atoms with Crippen LogP contribution in [0, 0.1) is 19.7 Å². The molecule has 0 radical (unpaired) electrons. The molecular weight excluding hydrogens is 337 g/mol. The van der Waals surface area contributed by atoms with Crippen LogP contribution in [0.1, 0.15) is 35.5 Å². The third-order valence-corrected chi connectivity index (χ3v) is 4.79. The Kier molecular flexibility index (Phi) is 4.39. The molecule has 0 saturated carbocycles. The number of Topliss-reactive ketones (excluding diaryl/α,β-unsaturated/α-hetero) is 1. The van der Waals surface area contributed by atoms with Crippen molar-refractivity contribution in [2.45, 2.75) is 26.8 Å². The van der Waals surface area contributed by atoms with Crippen molar-refractivity contribution in [3.05, 3.63) is 58.2 Å². The van der Waals surface area contributed by atoms with Crippen LogP contribution in [0.2, 0.25) is 0 Å².